The van der Waals surface area contributed by atoms with Gasteiger partial charge in [-0.25, -0.2) is 4.39 Å². The Hall–Kier alpha value is -0.250. The largest absolute Gasteiger partial charge is 0.481 e. The number of hydrogen-bond acceptors (Lipinski definition) is 2. The molecule has 0 aromatic heterocycles. The van der Waals surface area contributed by atoms with E-state index in [1.807, 2.05) is 18.7 Å². The standard InChI is InChI=1S/C16H31FO2S/c1-2-10-15(17)11-6-4-3-5-8-13-20-14-9-7-12-16(18)19/h15H,2-14H2,1H3,(H,18,19)/t15-/m1/s1. The van der Waals surface area contributed by atoms with Gasteiger partial charge in [0.1, 0.15) is 6.17 Å². The molecule has 0 heterocycles. The number of thioether (sulfide) groups is 1. The second-order valence-corrected chi connectivity index (χ2v) is 6.63. The van der Waals surface area contributed by atoms with Gasteiger partial charge in [0.25, 0.3) is 0 Å². The van der Waals surface area contributed by atoms with Gasteiger partial charge < -0.3 is 5.11 Å². The lowest BCUT2D eigenvalue weighted by Crippen LogP contribution is -1.98. The average Bonchev–Trinajstić information content (AvgIpc) is 2.40. The molecule has 0 aromatic rings. The summed E-state index contributed by atoms with van der Waals surface area (Å²) in [6, 6.07) is 0. The predicted molar refractivity (Wildman–Crippen MR) is 86.3 cm³/mol. The number of unbranched alkanes of at least 4 members (excludes halogenated alkanes) is 5. The third-order valence-electron chi connectivity index (χ3n) is 3.34. The minimum atomic E-state index is -0.690. The van der Waals surface area contributed by atoms with Crippen LogP contribution in [0.15, 0.2) is 0 Å². The molecule has 0 radical (unpaired) electrons. The van der Waals surface area contributed by atoms with Gasteiger partial charge in [-0.05, 0) is 43.6 Å². The van der Waals surface area contributed by atoms with Crippen LogP contribution in [0.4, 0.5) is 4.39 Å². The van der Waals surface area contributed by atoms with E-state index in [0.717, 1.165) is 50.7 Å². The molecule has 0 rings (SSSR count). The number of carboxylic acids is 1. The summed E-state index contributed by atoms with van der Waals surface area (Å²) < 4.78 is 13.2. The van der Waals surface area contributed by atoms with Gasteiger partial charge in [0.05, 0.1) is 0 Å². The van der Waals surface area contributed by atoms with E-state index < -0.39 is 12.1 Å². The fourth-order valence-electron chi connectivity index (χ4n) is 2.14. The van der Waals surface area contributed by atoms with E-state index in [4.69, 9.17) is 5.11 Å². The van der Waals surface area contributed by atoms with E-state index in [1.54, 1.807) is 0 Å². The van der Waals surface area contributed by atoms with Crippen LogP contribution in [0.1, 0.15) is 77.6 Å². The van der Waals surface area contributed by atoms with Crippen molar-refractivity contribution in [3.05, 3.63) is 0 Å². The lowest BCUT2D eigenvalue weighted by atomic mass is 10.1. The Morgan fingerprint density at radius 1 is 1.00 bits per heavy atom. The number of hydrogen-bond donors (Lipinski definition) is 1. The summed E-state index contributed by atoms with van der Waals surface area (Å²) in [7, 11) is 0. The van der Waals surface area contributed by atoms with Gasteiger partial charge in [-0.1, -0.05) is 39.0 Å². The normalized spacial score (nSPS) is 12.5. The Balaban J connectivity index is 3.04. The van der Waals surface area contributed by atoms with Crippen LogP contribution in [0, 0.1) is 0 Å². The second kappa shape index (κ2) is 15.1. The third kappa shape index (κ3) is 15.8. The molecule has 0 aliphatic rings. The molecule has 0 aliphatic heterocycles. The monoisotopic (exact) mass is 306 g/mol. The van der Waals surface area contributed by atoms with E-state index in [-0.39, 0.29) is 0 Å². The van der Waals surface area contributed by atoms with E-state index >= 15 is 0 Å². The topological polar surface area (TPSA) is 37.3 Å². The van der Waals surface area contributed by atoms with Gasteiger partial charge in [0.2, 0.25) is 0 Å². The Morgan fingerprint density at radius 3 is 2.25 bits per heavy atom. The van der Waals surface area contributed by atoms with Crippen molar-refractivity contribution < 1.29 is 14.3 Å². The highest BCUT2D eigenvalue weighted by Crippen LogP contribution is 2.14. The van der Waals surface area contributed by atoms with Crippen LogP contribution in [0.5, 0.6) is 0 Å². The molecule has 0 amide bonds. The average molecular weight is 306 g/mol. The van der Waals surface area contributed by atoms with Crippen LogP contribution in [0.3, 0.4) is 0 Å². The summed E-state index contributed by atoms with van der Waals surface area (Å²) >= 11 is 1.93. The molecule has 0 aliphatic carbocycles. The molecular formula is C16H31FO2S. The van der Waals surface area contributed by atoms with Crippen LogP contribution in [0.25, 0.3) is 0 Å². The van der Waals surface area contributed by atoms with Crippen LogP contribution in [0.2, 0.25) is 0 Å². The van der Waals surface area contributed by atoms with E-state index in [0.29, 0.717) is 6.42 Å². The molecule has 1 atom stereocenters. The summed E-state index contributed by atoms with van der Waals surface area (Å²) in [5, 5.41) is 8.49. The van der Waals surface area contributed by atoms with Crippen molar-refractivity contribution >= 4 is 17.7 Å². The Kier molecular flexibility index (Phi) is 15.0. The second-order valence-electron chi connectivity index (χ2n) is 5.41. The Bertz CT molecular complexity index is 225. The summed E-state index contributed by atoms with van der Waals surface area (Å²) in [6.07, 6.45) is 9.82. The first kappa shape index (κ1) is 19.8. The zero-order chi connectivity index (χ0) is 15.1. The van der Waals surface area contributed by atoms with Crippen molar-refractivity contribution in [3.8, 4) is 0 Å². The zero-order valence-electron chi connectivity index (χ0n) is 12.9. The van der Waals surface area contributed by atoms with Gasteiger partial charge in [-0.2, -0.15) is 11.8 Å². The highest BCUT2D eigenvalue weighted by Gasteiger charge is 2.03. The lowest BCUT2D eigenvalue weighted by Gasteiger charge is -2.06. The lowest BCUT2D eigenvalue weighted by molar-refractivity contribution is -0.137. The van der Waals surface area contributed by atoms with Gasteiger partial charge in [-0.15, -0.1) is 0 Å². The molecule has 0 fully saturated rings. The molecule has 0 saturated carbocycles. The highest BCUT2D eigenvalue weighted by atomic mass is 32.2. The van der Waals surface area contributed by atoms with Crippen LogP contribution < -0.4 is 0 Å². The summed E-state index contributed by atoms with van der Waals surface area (Å²) in [6.45, 7) is 2.03. The number of aliphatic carboxylic acids is 1. The van der Waals surface area contributed by atoms with Gasteiger partial charge in [0, 0.05) is 6.42 Å². The van der Waals surface area contributed by atoms with Crippen LogP contribution in [-0.4, -0.2) is 28.8 Å². The molecule has 0 aromatic carbocycles. The summed E-state index contributed by atoms with van der Waals surface area (Å²) in [5.41, 5.74) is 0. The SMILES string of the molecule is CCC[C@@H](F)CCCCCCCSCCCCC(=O)O. The maximum Gasteiger partial charge on any atom is 0.303 e. The first-order valence-corrected chi connectivity index (χ1v) is 9.26. The molecule has 4 heteroatoms. The van der Waals surface area contributed by atoms with E-state index in [9.17, 15) is 9.18 Å². The maximum atomic E-state index is 13.2. The molecule has 2 nitrogen and oxygen atoms in total. The molecule has 0 saturated heterocycles. The van der Waals surface area contributed by atoms with Gasteiger partial charge in [0.15, 0.2) is 0 Å². The number of carboxylic acid groups (broad SMARTS) is 1. The highest BCUT2D eigenvalue weighted by molar-refractivity contribution is 7.99. The van der Waals surface area contributed by atoms with Crippen molar-refractivity contribution in [1.82, 2.24) is 0 Å². The molecule has 0 bridgehead atoms. The fourth-order valence-corrected chi connectivity index (χ4v) is 3.16. The molecule has 1 N–H and O–H groups in total. The molecule has 120 valence electrons. The zero-order valence-corrected chi connectivity index (χ0v) is 13.7. The first-order valence-electron chi connectivity index (χ1n) is 8.10. The minimum absolute atomic E-state index is 0.300. The Morgan fingerprint density at radius 2 is 1.60 bits per heavy atom. The number of carbonyl (C=O) groups is 1. The van der Waals surface area contributed by atoms with Gasteiger partial charge in [-0.3, -0.25) is 4.79 Å². The number of rotatable bonds is 15. The molecular weight excluding hydrogens is 275 g/mol. The van der Waals surface area contributed by atoms with Crippen molar-refractivity contribution in [2.75, 3.05) is 11.5 Å². The minimum Gasteiger partial charge on any atom is -0.481 e. The molecule has 0 spiro atoms. The van der Waals surface area contributed by atoms with Gasteiger partial charge >= 0.3 is 5.97 Å². The van der Waals surface area contributed by atoms with Crippen LogP contribution in [-0.2, 0) is 4.79 Å². The van der Waals surface area contributed by atoms with Crippen LogP contribution >= 0.6 is 11.8 Å². The van der Waals surface area contributed by atoms with E-state index in [2.05, 4.69) is 0 Å². The maximum absolute atomic E-state index is 13.2. The first-order chi connectivity index (χ1) is 9.66. The fraction of sp³-hybridized carbons (Fsp3) is 0.938. The van der Waals surface area contributed by atoms with Crippen molar-refractivity contribution in [2.45, 2.75) is 83.7 Å². The number of halogens is 1. The van der Waals surface area contributed by atoms with E-state index in [1.165, 1.54) is 25.0 Å². The van der Waals surface area contributed by atoms with Crippen molar-refractivity contribution in [2.24, 2.45) is 0 Å². The third-order valence-corrected chi connectivity index (χ3v) is 4.49. The van der Waals surface area contributed by atoms with Crippen molar-refractivity contribution in [1.29, 1.82) is 0 Å². The quantitative estimate of drug-likeness (QED) is 0.409. The van der Waals surface area contributed by atoms with Crippen molar-refractivity contribution in [3.63, 3.8) is 0 Å². The number of alkyl halides is 1. The Labute approximate surface area is 127 Å². The summed E-state index contributed by atoms with van der Waals surface area (Å²) in [4.78, 5) is 10.3. The predicted octanol–water partition coefficient (Wildman–Crippen LogP) is 5.45. The molecule has 0 unspecified atom stereocenters. The molecule has 20 heavy (non-hydrogen) atoms. The smallest absolute Gasteiger partial charge is 0.303 e. The summed E-state index contributed by atoms with van der Waals surface area (Å²) in [5.74, 6) is 1.56.